The van der Waals surface area contributed by atoms with E-state index in [1.807, 2.05) is 28.9 Å². The normalized spacial score (nSPS) is 29.1. The maximum atomic E-state index is 5.86. The largest absolute Gasteiger partial charge is 0.375 e. The van der Waals surface area contributed by atoms with Crippen molar-refractivity contribution in [2.45, 2.75) is 24.9 Å². The zero-order chi connectivity index (χ0) is 15.1. The van der Waals surface area contributed by atoms with E-state index in [0.29, 0.717) is 18.7 Å². The Morgan fingerprint density at radius 1 is 1.45 bits per heavy atom. The van der Waals surface area contributed by atoms with Crippen LogP contribution in [-0.2, 0) is 9.47 Å². The third-order valence-electron chi connectivity index (χ3n) is 3.83. The number of hydrogen-bond donors (Lipinski definition) is 2. The number of para-hydroxylation sites is 1. The Kier molecular flexibility index (Phi) is 3.25. The molecule has 114 valence electrons. The number of thiocarbonyl (C=S) groups is 1. The number of fused-ring (bicyclic) bond motifs is 3. The van der Waals surface area contributed by atoms with E-state index in [4.69, 9.17) is 27.4 Å². The molecule has 2 saturated heterocycles. The molecule has 2 bridgehead atoms. The second kappa shape index (κ2) is 5.27. The van der Waals surface area contributed by atoms with Crippen LogP contribution in [0.15, 0.2) is 29.4 Å². The van der Waals surface area contributed by atoms with Crippen molar-refractivity contribution in [1.82, 2.24) is 20.4 Å². The smallest absolute Gasteiger partial charge is 0.199 e. The van der Waals surface area contributed by atoms with Gasteiger partial charge >= 0.3 is 0 Å². The lowest BCUT2D eigenvalue weighted by molar-refractivity contribution is -0.0317. The summed E-state index contributed by atoms with van der Waals surface area (Å²) in [7, 11) is 0. The molecular weight excluding hydrogens is 304 g/mol. The molecule has 0 amide bonds. The van der Waals surface area contributed by atoms with Crippen molar-refractivity contribution < 1.29 is 9.47 Å². The van der Waals surface area contributed by atoms with Gasteiger partial charge < -0.3 is 15.2 Å². The van der Waals surface area contributed by atoms with E-state index >= 15 is 0 Å². The first-order valence-corrected chi connectivity index (χ1v) is 7.32. The molecule has 2 aromatic rings. The fourth-order valence-electron chi connectivity index (χ4n) is 2.84. The number of aromatic nitrogens is 3. The molecule has 0 unspecified atom stereocenters. The van der Waals surface area contributed by atoms with Crippen LogP contribution >= 0.6 is 12.2 Å². The van der Waals surface area contributed by atoms with Crippen LogP contribution in [0.5, 0.6) is 0 Å². The lowest BCUT2D eigenvalue weighted by Gasteiger charge is -2.28. The average molecular weight is 318 g/mol. The number of hydrazone groups is 1. The molecule has 1 aromatic heterocycles. The number of nitrogens with zero attached hydrogens (tertiary/aromatic N) is 4. The second-order valence-corrected chi connectivity index (χ2v) is 5.65. The highest BCUT2D eigenvalue weighted by molar-refractivity contribution is 7.80. The van der Waals surface area contributed by atoms with Gasteiger partial charge in [-0.05, 0) is 24.4 Å². The molecule has 2 aliphatic heterocycles. The fraction of sp³-hybridized carbons (Fsp3) is 0.385. The molecule has 22 heavy (non-hydrogen) atoms. The van der Waals surface area contributed by atoms with Crippen LogP contribution in [0.4, 0.5) is 0 Å². The van der Waals surface area contributed by atoms with Gasteiger partial charge in [-0.2, -0.15) is 5.10 Å². The van der Waals surface area contributed by atoms with E-state index in [-0.39, 0.29) is 17.3 Å². The summed E-state index contributed by atoms with van der Waals surface area (Å²) in [6.45, 7) is 0.496. The highest BCUT2D eigenvalue weighted by Gasteiger charge is 2.43. The standard InChI is InChI=1S/C13H14N6O2S/c14-13(22)17-15-8-5-10(11-6-20-12(8)21-11)19-9-4-2-1-3-7(9)16-18-19/h1-4,10-12H,5-6H2,(H3,14,17,22)/b15-8-/t10-,11+,12-/m1/s1. The van der Waals surface area contributed by atoms with E-state index in [1.54, 1.807) is 0 Å². The fourth-order valence-corrected chi connectivity index (χ4v) is 2.88. The van der Waals surface area contributed by atoms with Crippen LogP contribution in [-0.4, -0.2) is 44.8 Å². The van der Waals surface area contributed by atoms with Crippen molar-refractivity contribution in [1.29, 1.82) is 0 Å². The molecule has 0 aliphatic carbocycles. The van der Waals surface area contributed by atoms with Gasteiger partial charge in [0.15, 0.2) is 11.4 Å². The summed E-state index contributed by atoms with van der Waals surface area (Å²) < 4.78 is 13.4. The van der Waals surface area contributed by atoms with Gasteiger partial charge in [-0.25, -0.2) is 4.68 Å². The maximum Gasteiger partial charge on any atom is 0.199 e. The van der Waals surface area contributed by atoms with Crippen LogP contribution in [0.1, 0.15) is 12.5 Å². The van der Waals surface area contributed by atoms with Gasteiger partial charge in [0.2, 0.25) is 0 Å². The third-order valence-corrected chi connectivity index (χ3v) is 3.92. The SMILES string of the molecule is NC(=S)N/N=C1/C[C@@H](n2nnc3ccccc32)[C@@H]2CO[C@@H]1O2. The van der Waals surface area contributed by atoms with Gasteiger partial charge in [-0.1, -0.05) is 17.3 Å². The lowest BCUT2D eigenvalue weighted by Crippen LogP contribution is -2.39. The van der Waals surface area contributed by atoms with Gasteiger partial charge in [0.05, 0.1) is 23.9 Å². The van der Waals surface area contributed by atoms with Crippen LogP contribution in [0.3, 0.4) is 0 Å². The summed E-state index contributed by atoms with van der Waals surface area (Å²) in [5.41, 5.74) is 10.5. The number of ether oxygens (including phenoxy) is 2. The quantitative estimate of drug-likeness (QED) is 0.607. The highest BCUT2D eigenvalue weighted by atomic mass is 32.1. The number of hydrogen-bond acceptors (Lipinski definition) is 6. The van der Waals surface area contributed by atoms with Crippen molar-refractivity contribution in [3.05, 3.63) is 24.3 Å². The summed E-state index contributed by atoms with van der Waals surface area (Å²) in [5, 5.41) is 12.8. The molecule has 3 N–H and O–H groups in total. The number of nitrogens with one attached hydrogen (secondary N) is 1. The molecule has 2 fully saturated rings. The van der Waals surface area contributed by atoms with Crippen molar-refractivity contribution in [3.63, 3.8) is 0 Å². The first-order chi connectivity index (χ1) is 10.7. The van der Waals surface area contributed by atoms with Crippen LogP contribution in [0.25, 0.3) is 11.0 Å². The van der Waals surface area contributed by atoms with E-state index < -0.39 is 6.29 Å². The first kappa shape index (κ1) is 13.6. The molecular formula is C13H14N6O2S. The van der Waals surface area contributed by atoms with E-state index in [1.165, 1.54) is 0 Å². The van der Waals surface area contributed by atoms with Crippen LogP contribution in [0.2, 0.25) is 0 Å². The Bertz CT molecular complexity index is 760. The highest BCUT2D eigenvalue weighted by Crippen LogP contribution is 2.34. The Morgan fingerprint density at radius 2 is 2.32 bits per heavy atom. The van der Waals surface area contributed by atoms with E-state index in [2.05, 4.69) is 20.8 Å². The molecule has 9 heteroatoms. The number of benzene rings is 1. The van der Waals surface area contributed by atoms with Crippen molar-refractivity contribution in [2.24, 2.45) is 10.8 Å². The van der Waals surface area contributed by atoms with E-state index in [0.717, 1.165) is 11.0 Å². The summed E-state index contributed by atoms with van der Waals surface area (Å²) in [6, 6.07) is 7.79. The molecule has 2 aliphatic rings. The second-order valence-electron chi connectivity index (χ2n) is 5.21. The Morgan fingerprint density at radius 3 is 3.18 bits per heavy atom. The molecule has 1 aromatic carbocycles. The molecule has 4 rings (SSSR count). The van der Waals surface area contributed by atoms with Gasteiger partial charge in [-0.15, -0.1) is 5.10 Å². The Hall–Kier alpha value is -2.10. The molecule has 0 spiro atoms. The average Bonchev–Trinajstić information content (AvgIpc) is 3.12. The molecule has 0 saturated carbocycles. The third kappa shape index (κ3) is 2.23. The maximum absolute atomic E-state index is 5.86. The minimum atomic E-state index is -0.446. The lowest BCUT2D eigenvalue weighted by atomic mass is 10.0. The summed E-state index contributed by atoms with van der Waals surface area (Å²) >= 11 is 4.77. The Balaban J connectivity index is 1.69. The predicted octanol–water partition coefficient (Wildman–Crippen LogP) is 0.307. The predicted molar refractivity (Wildman–Crippen MR) is 83.2 cm³/mol. The van der Waals surface area contributed by atoms with Gasteiger partial charge in [-0.3, -0.25) is 5.43 Å². The topological polar surface area (TPSA) is 99.6 Å². The molecule has 8 nitrogen and oxygen atoms in total. The Labute approximate surface area is 131 Å². The number of nitrogens with two attached hydrogens (primary N) is 1. The zero-order valence-electron chi connectivity index (χ0n) is 11.5. The molecule has 3 atom stereocenters. The zero-order valence-corrected chi connectivity index (χ0v) is 12.4. The monoisotopic (exact) mass is 318 g/mol. The summed E-state index contributed by atoms with van der Waals surface area (Å²) in [5.74, 6) is 0. The van der Waals surface area contributed by atoms with Crippen molar-refractivity contribution >= 4 is 34.1 Å². The van der Waals surface area contributed by atoms with E-state index in [9.17, 15) is 0 Å². The van der Waals surface area contributed by atoms with Gasteiger partial charge in [0, 0.05) is 6.42 Å². The summed E-state index contributed by atoms with van der Waals surface area (Å²) in [4.78, 5) is 0. The molecule has 3 heterocycles. The van der Waals surface area contributed by atoms with Crippen LogP contribution in [0, 0.1) is 0 Å². The first-order valence-electron chi connectivity index (χ1n) is 6.91. The number of rotatable bonds is 2. The van der Waals surface area contributed by atoms with Gasteiger partial charge in [0.1, 0.15) is 11.6 Å². The minimum absolute atomic E-state index is 0.0296. The summed E-state index contributed by atoms with van der Waals surface area (Å²) in [6.07, 6.45) is 0.120. The van der Waals surface area contributed by atoms with Crippen molar-refractivity contribution in [2.75, 3.05) is 6.61 Å². The van der Waals surface area contributed by atoms with Gasteiger partial charge in [0.25, 0.3) is 0 Å². The van der Waals surface area contributed by atoms with Crippen LogP contribution < -0.4 is 11.2 Å². The van der Waals surface area contributed by atoms with Crippen molar-refractivity contribution in [3.8, 4) is 0 Å². The minimum Gasteiger partial charge on any atom is -0.375 e. The molecule has 0 radical (unpaired) electrons.